The van der Waals surface area contributed by atoms with Gasteiger partial charge in [-0.15, -0.1) is 0 Å². The largest absolute Gasteiger partial charge is 0.313 e. The first-order valence-electron chi connectivity index (χ1n) is 6.19. The second kappa shape index (κ2) is 8.31. The van der Waals surface area contributed by atoms with E-state index in [1.807, 2.05) is 45.9 Å². The first-order chi connectivity index (χ1) is 7.66. The second-order valence-electron chi connectivity index (χ2n) is 3.81. The van der Waals surface area contributed by atoms with Crippen LogP contribution in [0, 0.1) is 0 Å². The van der Waals surface area contributed by atoms with Crippen molar-refractivity contribution in [1.82, 2.24) is 5.06 Å². The predicted molar refractivity (Wildman–Crippen MR) is 69.6 cm³/mol. The summed E-state index contributed by atoms with van der Waals surface area (Å²) in [5.41, 5.74) is 1.17. The third-order valence-corrected chi connectivity index (χ3v) is 2.42. The lowest BCUT2D eigenvalue weighted by molar-refractivity contribution is -0.154. The summed E-state index contributed by atoms with van der Waals surface area (Å²) in [7, 11) is 0. The fourth-order valence-electron chi connectivity index (χ4n) is 1.61. The molecule has 2 nitrogen and oxygen atoms in total. The highest BCUT2D eigenvalue weighted by molar-refractivity contribution is 5.18. The van der Waals surface area contributed by atoms with Gasteiger partial charge in [-0.05, 0) is 25.8 Å². The van der Waals surface area contributed by atoms with Gasteiger partial charge in [0.25, 0.3) is 0 Å². The molecule has 92 valence electrons. The van der Waals surface area contributed by atoms with Gasteiger partial charge < -0.3 is 5.21 Å². The molecule has 2 heteroatoms. The lowest BCUT2D eigenvalue weighted by Gasteiger charge is -2.28. The molecule has 0 aliphatic rings. The molecule has 0 fully saturated rings. The van der Waals surface area contributed by atoms with Gasteiger partial charge >= 0.3 is 0 Å². The van der Waals surface area contributed by atoms with E-state index in [2.05, 4.69) is 19.1 Å². The van der Waals surface area contributed by atoms with E-state index in [0.717, 1.165) is 6.42 Å². The van der Waals surface area contributed by atoms with Crippen LogP contribution in [0.2, 0.25) is 0 Å². The van der Waals surface area contributed by atoms with E-state index >= 15 is 0 Å². The molecule has 0 saturated carbocycles. The third-order valence-electron chi connectivity index (χ3n) is 2.42. The van der Waals surface area contributed by atoms with Gasteiger partial charge in [-0.2, -0.15) is 5.06 Å². The quantitative estimate of drug-likeness (QED) is 0.771. The van der Waals surface area contributed by atoms with Crippen LogP contribution in [0.15, 0.2) is 30.3 Å². The molecule has 1 unspecified atom stereocenters. The molecular weight excluding hydrogens is 198 g/mol. The summed E-state index contributed by atoms with van der Waals surface area (Å²) < 4.78 is 0. The molecule has 1 rings (SSSR count). The zero-order valence-corrected chi connectivity index (χ0v) is 11.1. The summed E-state index contributed by atoms with van der Waals surface area (Å²) in [5, 5.41) is 11.3. The highest BCUT2D eigenvalue weighted by Gasteiger charge is 2.18. The summed E-state index contributed by atoms with van der Waals surface area (Å²) in [6, 6.07) is 10.4. The standard InChI is InChI=1S/C12H19NO.C2H6/c1-4-12(13(14)10(2)3)11-8-6-5-7-9-11;1-2/h5-10,12,14H,4H2,1-3H3;1-2H3. The number of nitrogens with zero attached hydrogens (tertiary/aromatic N) is 1. The van der Waals surface area contributed by atoms with Gasteiger partial charge in [0.1, 0.15) is 0 Å². The number of hydrogen-bond donors (Lipinski definition) is 1. The number of rotatable bonds is 4. The summed E-state index contributed by atoms with van der Waals surface area (Å²) in [5.74, 6) is 0. The molecule has 1 N–H and O–H groups in total. The molecule has 0 spiro atoms. The Morgan fingerprint density at radius 2 is 1.62 bits per heavy atom. The second-order valence-corrected chi connectivity index (χ2v) is 3.81. The Morgan fingerprint density at radius 1 is 1.12 bits per heavy atom. The van der Waals surface area contributed by atoms with Gasteiger partial charge in [0.15, 0.2) is 0 Å². The fraction of sp³-hybridized carbons (Fsp3) is 0.571. The van der Waals surface area contributed by atoms with Gasteiger partial charge in [-0.25, -0.2) is 0 Å². The van der Waals surface area contributed by atoms with Crippen LogP contribution < -0.4 is 0 Å². The van der Waals surface area contributed by atoms with Crippen molar-refractivity contribution in [2.45, 2.75) is 53.1 Å². The van der Waals surface area contributed by atoms with Crippen LogP contribution in [0.1, 0.15) is 52.6 Å². The average molecular weight is 223 g/mol. The van der Waals surface area contributed by atoms with Crippen molar-refractivity contribution in [2.75, 3.05) is 0 Å². The maximum Gasteiger partial charge on any atom is 0.0599 e. The summed E-state index contributed by atoms with van der Waals surface area (Å²) in [6.07, 6.45) is 0.915. The summed E-state index contributed by atoms with van der Waals surface area (Å²) in [6.45, 7) is 10.1. The molecule has 1 atom stereocenters. The van der Waals surface area contributed by atoms with E-state index in [-0.39, 0.29) is 12.1 Å². The van der Waals surface area contributed by atoms with Crippen LogP contribution in [-0.4, -0.2) is 16.3 Å². The minimum atomic E-state index is 0.108. The Bertz CT molecular complexity index is 259. The summed E-state index contributed by atoms with van der Waals surface area (Å²) in [4.78, 5) is 0. The molecule has 0 radical (unpaired) electrons. The van der Waals surface area contributed by atoms with Gasteiger partial charge in [-0.3, -0.25) is 0 Å². The van der Waals surface area contributed by atoms with Crippen LogP contribution >= 0.6 is 0 Å². The van der Waals surface area contributed by atoms with Crippen molar-refractivity contribution >= 4 is 0 Å². The van der Waals surface area contributed by atoms with E-state index in [1.54, 1.807) is 0 Å². The Morgan fingerprint density at radius 3 is 2.00 bits per heavy atom. The van der Waals surface area contributed by atoms with Crippen LogP contribution in [0.4, 0.5) is 0 Å². The van der Waals surface area contributed by atoms with Crippen molar-refractivity contribution in [3.63, 3.8) is 0 Å². The molecule has 0 heterocycles. The molecule has 1 aromatic rings. The Labute approximate surface area is 99.9 Å². The molecule has 0 aliphatic carbocycles. The first-order valence-corrected chi connectivity index (χ1v) is 6.19. The first kappa shape index (κ1) is 15.1. The molecule has 1 aromatic carbocycles. The lowest BCUT2D eigenvalue weighted by atomic mass is 10.0. The Balaban J connectivity index is 0.00000106. The highest BCUT2D eigenvalue weighted by Crippen LogP contribution is 2.23. The maximum atomic E-state index is 9.87. The molecule has 0 bridgehead atoms. The monoisotopic (exact) mass is 223 g/mol. The van der Waals surface area contributed by atoms with Crippen molar-refractivity contribution < 1.29 is 5.21 Å². The van der Waals surface area contributed by atoms with Gasteiger partial charge in [0.05, 0.1) is 6.04 Å². The van der Waals surface area contributed by atoms with Crippen molar-refractivity contribution in [3.05, 3.63) is 35.9 Å². The van der Waals surface area contributed by atoms with Gasteiger partial charge in [0, 0.05) is 6.04 Å². The molecule has 16 heavy (non-hydrogen) atoms. The minimum absolute atomic E-state index is 0.108. The topological polar surface area (TPSA) is 23.5 Å². The van der Waals surface area contributed by atoms with E-state index < -0.39 is 0 Å². The zero-order valence-electron chi connectivity index (χ0n) is 11.1. The van der Waals surface area contributed by atoms with E-state index in [1.165, 1.54) is 10.6 Å². The average Bonchev–Trinajstić information content (AvgIpc) is 2.33. The number of benzene rings is 1. The molecule has 0 amide bonds. The fourth-order valence-corrected chi connectivity index (χ4v) is 1.61. The minimum Gasteiger partial charge on any atom is -0.313 e. The Hall–Kier alpha value is -0.860. The molecule has 0 saturated heterocycles. The van der Waals surface area contributed by atoms with Crippen molar-refractivity contribution in [1.29, 1.82) is 0 Å². The van der Waals surface area contributed by atoms with E-state index in [0.29, 0.717) is 0 Å². The smallest absolute Gasteiger partial charge is 0.0599 e. The predicted octanol–water partition coefficient (Wildman–Crippen LogP) is 4.26. The molecule has 0 aliphatic heterocycles. The van der Waals surface area contributed by atoms with Crippen LogP contribution in [-0.2, 0) is 0 Å². The SMILES string of the molecule is CC.CCC(c1ccccc1)N(O)C(C)C. The number of hydrogen-bond acceptors (Lipinski definition) is 2. The summed E-state index contributed by atoms with van der Waals surface area (Å²) >= 11 is 0. The van der Waals surface area contributed by atoms with Gasteiger partial charge in [-0.1, -0.05) is 51.1 Å². The van der Waals surface area contributed by atoms with E-state index in [9.17, 15) is 5.21 Å². The molecule has 0 aromatic heterocycles. The van der Waals surface area contributed by atoms with Gasteiger partial charge in [0.2, 0.25) is 0 Å². The van der Waals surface area contributed by atoms with Crippen LogP contribution in [0.5, 0.6) is 0 Å². The highest BCUT2D eigenvalue weighted by atomic mass is 16.5. The molecular formula is C14H25NO. The Kier molecular flexibility index (Phi) is 7.86. The van der Waals surface area contributed by atoms with Crippen molar-refractivity contribution in [3.8, 4) is 0 Å². The third kappa shape index (κ3) is 4.33. The van der Waals surface area contributed by atoms with Crippen LogP contribution in [0.25, 0.3) is 0 Å². The van der Waals surface area contributed by atoms with Crippen LogP contribution in [0.3, 0.4) is 0 Å². The normalized spacial score (nSPS) is 12.2. The zero-order chi connectivity index (χ0) is 12.6. The van der Waals surface area contributed by atoms with Crippen molar-refractivity contribution in [2.24, 2.45) is 0 Å². The maximum absolute atomic E-state index is 9.87. The number of hydroxylamine groups is 2. The lowest BCUT2D eigenvalue weighted by Crippen LogP contribution is -2.31. The van der Waals surface area contributed by atoms with E-state index in [4.69, 9.17) is 0 Å².